The molecule has 6 nitrogen and oxygen atoms in total. The van der Waals surface area contributed by atoms with Gasteiger partial charge >= 0.3 is 0 Å². The summed E-state index contributed by atoms with van der Waals surface area (Å²) in [5.41, 5.74) is 1.14. The third kappa shape index (κ3) is 2.53. The van der Waals surface area contributed by atoms with Crippen molar-refractivity contribution in [2.75, 3.05) is 13.1 Å². The van der Waals surface area contributed by atoms with Gasteiger partial charge in [-0.15, -0.1) is 0 Å². The highest BCUT2D eigenvalue weighted by Gasteiger charge is 2.43. The van der Waals surface area contributed by atoms with Crippen molar-refractivity contribution in [2.45, 2.75) is 37.1 Å². The van der Waals surface area contributed by atoms with Crippen LogP contribution in [0.3, 0.4) is 0 Å². The minimum atomic E-state index is -3.39. The van der Waals surface area contributed by atoms with Gasteiger partial charge in [0.05, 0.1) is 0 Å². The van der Waals surface area contributed by atoms with Crippen LogP contribution < -0.4 is 5.32 Å². The van der Waals surface area contributed by atoms with Crippen molar-refractivity contribution >= 4 is 21.0 Å². The Morgan fingerprint density at radius 3 is 2.77 bits per heavy atom. The van der Waals surface area contributed by atoms with Crippen molar-refractivity contribution in [2.24, 2.45) is 0 Å². The molecule has 1 atom stereocenters. The van der Waals surface area contributed by atoms with Crippen LogP contribution in [-0.2, 0) is 15.8 Å². The Morgan fingerprint density at radius 1 is 1.23 bits per heavy atom. The number of benzene rings is 1. The third-order valence-corrected chi connectivity index (χ3v) is 6.27. The van der Waals surface area contributed by atoms with E-state index in [1.54, 1.807) is 10.4 Å². The summed E-state index contributed by atoms with van der Waals surface area (Å²) in [6, 6.07) is 7.64. The van der Waals surface area contributed by atoms with Crippen molar-refractivity contribution in [1.82, 2.24) is 14.8 Å². The van der Waals surface area contributed by atoms with Crippen molar-refractivity contribution in [3.63, 3.8) is 0 Å². The van der Waals surface area contributed by atoms with Crippen LogP contribution in [-0.4, -0.2) is 43.1 Å². The summed E-state index contributed by atoms with van der Waals surface area (Å²) >= 11 is 0. The molecule has 1 saturated heterocycles. The number of nitrogens with one attached hydrogen (secondary N) is 1. The zero-order valence-electron chi connectivity index (χ0n) is 12.2. The lowest BCUT2D eigenvalue weighted by atomic mass is 10.2. The maximum absolute atomic E-state index is 12.9. The van der Waals surface area contributed by atoms with Gasteiger partial charge in [0.25, 0.3) is 0 Å². The van der Waals surface area contributed by atoms with Crippen LogP contribution in [0.2, 0.25) is 0 Å². The lowest BCUT2D eigenvalue weighted by molar-refractivity contribution is 0.326. The van der Waals surface area contributed by atoms with E-state index in [1.165, 1.54) is 0 Å². The number of hydrogen-bond donors (Lipinski definition) is 1. The van der Waals surface area contributed by atoms with Gasteiger partial charge in [-0.1, -0.05) is 17.3 Å². The van der Waals surface area contributed by atoms with Crippen molar-refractivity contribution in [1.29, 1.82) is 0 Å². The predicted molar refractivity (Wildman–Crippen MR) is 82.8 cm³/mol. The lowest BCUT2D eigenvalue weighted by Gasteiger charge is -2.27. The summed E-state index contributed by atoms with van der Waals surface area (Å²) < 4.78 is 32.8. The number of sulfonamides is 1. The van der Waals surface area contributed by atoms with E-state index in [0.717, 1.165) is 37.7 Å². The highest BCUT2D eigenvalue weighted by Crippen LogP contribution is 2.34. The summed E-state index contributed by atoms with van der Waals surface area (Å²) in [4.78, 5) is 0. The van der Waals surface area contributed by atoms with Gasteiger partial charge in [-0.2, -0.15) is 4.31 Å². The highest BCUT2D eigenvalue weighted by atomic mass is 32.2. The molecule has 22 heavy (non-hydrogen) atoms. The van der Waals surface area contributed by atoms with Crippen LogP contribution >= 0.6 is 0 Å². The molecular weight excluding hydrogens is 302 g/mol. The molecule has 2 fully saturated rings. The molecule has 1 N–H and O–H groups in total. The Bertz CT molecular complexity index is 776. The van der Waals surface area contributed by atoms with E-state index in [4.69, 9.17) is 4.52 Å². The number of nitrogens with zero attached hydrogens (tertiary/aromatic N) is 2. The zero-order valence-corrected chi connectivity index (χ0v) is 13.1. The van der Waals surface area contributed by atoms with Gasteiger partial charge in [0, 0.05) is 24.0 Å². The Morgan fingerprint density at radius 2 is 2.05 bits per heavy atom. The average molecular weight is 321 g/mol. The standard InChI is InChI=1S/C15H19N3O3S/c19-22(20,18(11-5-6-11)12-7-8-16-9-12)10-14-13-3-1-2-4-15(13)21-17-14/h1-4,11-12,16H,5-10H2. The van der Waals surface area contributed by atoms with E-state index in [-0.39, 0.29) is 17.8 Å². The van der Waals surface area contributed by atoms with Crippen LogP contribution in [0.1, 0.15) is 25.0 Å². The Labute approximate surface area is 129 Å². The molecule has 1 saturated carbocycles. The van der Waals surface area contributed by atoms with Gasteiger partial charge in [-0.25, -0.2) is 8.42 Å². The molecular formula is C15H19N3O3S. The second-order valence-electron chi connectivity index (χ2n) is 6.09. The summed E-state index contributed by atoms with van der Waals surface area (Å²) in [5.74, 6) is -0.0863. The number of aromatic nitrogens is 1. The minimum Gasteiger partial charge on any atom is -0.356 e. The first-order chi connectivity index (χ1) is 10.6. The maximum atomic E-state index is 12.9. The Balaban J connectivity index is 1.64. The van der Waals surface area contributed by atoms with Crippen molar-refractivity contribution in [3.8, 4) is 0 Å². The van der Waals surface area contributed by atoms with Gasteiger partial charge < -0.3 is 9.84 Å². The van der Waals surface area contributed by atoms with E-state index >= 15 is 0 Å². The van der Waals surface area contributed by atoms with Gasteiger partial charge in [0.1, 0.15) is 11.4 Å². The van der Waals surface area contributed by atoms with Gasteiger partial charge in [0.2, 0.25) is 10.0 Å². The molecule has 0 amide bonds. The van der Waals surface area contributed by atoms with Gasteiger partial charge in [0.15, 0.2) is 5.58 Å². The first kappa shape index (κ1) is 14.2. The number of para-hydroxylation sites is 1. The fourth-order valence-corrected chi connectivity index (χ4v) is 5.23. The highest BCUT2D eigenvalue weighted by molar-refractivity contribution is 7.88. The first-order valence-corrected chi connectivity index (χ1v) is 9.31. The quantitative estimate of drug-likeness (QED) is 0.903. The molecule has 4 rings (SSSR count). The smallest absolute Gasteiger partial charge is 0.220 e. The number of hydrogen-bond acceptors (Lipinski definition) is 5. The monoisotopic (exact) mass is 321 g/mol. The largest absolute Gasteiger partial charge is 0.356 e. The van der Waals surface area contributed by atoms with Crippen LogP contribution in [0.15, 0.2) is 28.8 Å². The van der Waals surface area contributed by atoms with Crippen LogP contribution in [0.25, 0.3) is 11.0 Å². The molecule has 1 aliphatic carbocycles. The lowest BCUT2D eigenvalue weighted by Crippen LogP contribution is -2.43. The first-order valence-electron chi connectivity index (χ1n) is 7.70. The van der Waals surface area contributed by atoms with Gasteiger partial charge in [-0.05, 0) is 37.9 Å². The molecule has 2 aliphatic rings. The number of rotatable bonds is 5. The average Bonchev–Trinajstić information content (AvgIpc) is 3.01. The molecule has 1 aliphatic heterocycles. The van der Waals surface area contributed by atoms with E-state index in [0.29, 0.717) is 11.3 Å². The molecule has 2 heterocycles. The van der Waals surface area contributed by atoms with Crippen LogP contribution in [0.4, 0.5) is 0 Å². The molecule has 0 radical (unpaired) electrons. The summed E-state index contributed by atoms with van der Waals surface area (Å²) in [6.07, 6.45) is 2.82. The molecule has 1 unspecified atom stereocenters. The van der Waals surface area contributed by atoms with Crippen molar-refractivity contribution in [3.05, 3.63) is 30.0 Å². The SMILES string of the molecule is O=S(=O)(Cc1noc2ccccc12)N(C1CC1)C1CCNC1. The summed E-state index contributed by atoms with van der Waals surface area (Å²) in [7, 11) is -3.39. The van der Waals surface area contributed by atoms with E-state index in [9.17, 15) is 8.42 Å². The van der Waals surface area contributed by atoms with Gasteiger partial charge in [-0.3, -0.25) is 0 Å². The van der Waals surface area contributed by atoms with Crippen molar-refractivity contribution < 1.29 is 12.9 Å². The zero-order chi connectivity index (χ0) is 15.2. The second-order valence-corrected chi connectivity index (χ2v) is 7.96. The fraction of sp³-hybridized carbons (Fsp3) is 0.533. The predicted octanol–water partition coefficient (Wildman–Crippen LogP) is 1.48. The minimum absolute atomic E-state index is 0.0793. The maximum Gasteiger partial charge on any atom is 0.220 e. The summed E-state index contributed by atoms with van der Waals surface area (Å²) in [5, 5.41) is 8.01. The summed E-state index contributed by atoms with van der Waals surface area (Å²) in [6.45, 7) is 1.63. The second kappa shape index (κ2) is 5.33. The topological polar surface area (TPSA) is 75.4 Å². The third-order valence-electron chi connectivity index (χ3n) is 4.39. The molecule has 0 bridgehead atoms. The van der Waals surface area contributed by atoms with E-state index < -0.39 is 10.0 Å². The molecule has 7 heteroatoms. The molecule has 118 valence electrons. The van der Waals surface area contributed by atoms with E-state index in [2.05, 4.69) is 10.5 Å². The molecule has 2 aromatic rings. The Kier molecular flexibility index (Phi) is 3.43. The fourth-order valence-electron chi connectivity index (χ4n) is 3.23. The molecule has 1 aromatic heterocycles. The Hall–Kier alpha value is -1.44. The van der Waals surface area contributed by atoms with E-state index in [1.807, 2.05) is 18.2 Å². The molecule has 1 aromatic carbocycles. The number of fused-ring (bicyclic) bond motifs is 1. The normalized spacial score (nSPS) is 22.7. The van der Waals surface area contributed by atoms with Crippen LogP contribution in [0.5, 0.6) is 0 Å². The molecule has 0 spiro atoms. The van der Waals surface area contributed by atoms with Crippen LogP contribution in [0, 0.1) is 0 Å².